The molecule has 0 aromatic rings. The summed E-state index contributed by atoms with van der Waals surface area (Å²) in [6.07, 6.45) is 14.1. The van der Waals surface area contributed by atoms with Gasteiger partial charge in [0, 0.05) is 30.8 Å². The maximum Gasteiger partial charge on any atom is 0.0635 e. The third kappa shape index (κ3) is 4.32. The molecule has 2 aliphatic heterocycles. The van der Waals surface area contributed by atoms with E-state index in [0.717, 1.165) is 19.4 Å². The van der Waals surface area contributed by atoms with Gasteiger partial charge in [0.1, 0.15) is 0 Å². The molecule has 0 aromatic heterocycles. The highest BCUT2D eigenvalue weighted by Gasteiger charge is 2.41. The van der Waals surface area contributed by atoms with Crippen molar-refractivity contribution in [3.63, 3.8) is 0 Å². The van der Waals surface area contributed by atoms with E-state index in [0.29, 0.717) is 6.04 Å². The number of nitrogens with zero attached hydrogens (tertiary/aromatic N) is 2. The van der Waals surface area contributed by atoms with Gasteiger partial charge >= 0.3 is 0 Å². The molecule has 22 heavy (non-hydrogen) atoms. The minimum absolute atomic E-state index is 0.00341. The monoisotopic (exact) mass is 306 g/mol. The summed E-state index contributed by atoms with van der Waals surface area (Å²) in [5.74, 6) is 0. The average Bonchev–Trinajstić information content (AvgIpc) is 2.98. The van der Waals surface area contributed by atoms with E-state index in [1.807, 2.05) is 0 Å². The fraction of sp³-hybridized carbons (Fsp3) is 0.947. The van der Waals surface area contributed by atoms with Crippen molar-refractivity contribution in [2.24, 2.45) is 10.4 Å². The van der Waals surface area contributed by atoms with Gasteiger partial charge in [-0.25, -0.2) is 0 Å². The van der Waals surface area contributed by atoms with Gasteiger partial charge in [-0.05, 0) is 65.5 Å². The van der Waals surface area contributed by atoms with Crippen molar-refractivity contribution in [1.29, 1.82) is 0 Å². The van der Waals surface area contributed by atoms with Crippen LogP contribution >= 0.6 is 0 Å². The van der Waals surface area contributed by atoms with Crippen LogP contribution in [0.3, 0.4) is 0 Å². The molecule has 3 fully saturated rings. The Morgan fingerprint density at radius 2 is 1.82 bits per heavy atom. The summed E-state index contributed by atoms with van der Waals surface area (Å²) >= 11 is 0. The van der Waals surface area contributed by atoms with Crippen LogP contribution < -0.4 is 0 Å². The minimum atomic E-state index is -0.00341. The molecule has 1 atom stereocenters. The summed E-state index contributed by atoms with van der Waals surface area (Å²) in [6.45, 7) is 9.13. The molecule has 0 unspecified atom stereocenters. The molecule has 126 valence electrons. The Balaban J connectivity index is 1.70. The Hall–Kier alpha value is -0.410. The zero-order valence-corrected chi connectivity index (χ0v) is 14.6. The average molecular weight is 306 g/mol. The van der Waals surface area contributed by atoms with Crippen molar-refractivity contribution >= 4 is 6.21 Å². The van der Waals surface area contributed by atoms with Crippen molar-refractivity contribution < 1.29 is 4.74 Å². The van der Waals surface area contributed by atoms with E-state index < -0.39 is 0 Å². The zero-order valence-electron chi connectivity index (χ0n) is 14.6. The second kappa shape index (κ2) is 7.00. The predicted molar refractivity (Wildman–Crippen MR) is 92.7 cm³/mol. The van der Waals surface area contributed by atoms with E-state index in [9.17, 15) is 0 Å². The molecule has 3 rings (SSSR count). The van der Waals surface area contributed by atoms with Crippen molar-refractivity contribution in [3.8, 4) is 0 Å². The number of ether oxygens (including phenoxy) is 1. The summed E-state index contributed by atoms with van der Waals surface area (Å²) < 4.78 is 6.00. The van der Waals surface area contributed by atoms with Crippen molar-refractivity contribution in [2.75, 3.05) is 26.2 Å². The van der Waals surface area contributed by atoms with E-state index in [1.165, 1.54) is 64.6 Å². The molecule has 3 nitrogen and oxygen atoms in total. The molecule has 0 bridgehead atoms. The van der Waals surface area contributed by atoms with Crippen molar-refractivity contribution in [1.82, 2.24) is 4.90 Å². The molecule has 0 aromatic carbocycles. The summed E-state index contributed by atoms with van der Waals surface area (Å²) in [4.78, 5) is 7.74. The lowest BCUT2D eigenvalue weighted by Gasteiger charge is -2.44. The predicted octanol–water partition coefficient (Wildman–Crippen LogP) is 4.06. The van der Waals surface area contributed by atoms with Crippen LogP contribution in [0.5, 0.6) is 0 Å². The second-order valence-corrected chi connectivity index (χ2v) is 8.45. The van der Waals surface area contributed by atoms with Gasteiger partial charge in [-0.3, -0.25) is 4.99 Å². The first-order valence-electron chi connectivity index (χ1n) is 9.48. The molecule has 3 heteroatoms. The number of hydrogen-bond acceptors (Lipinski definition) is 3. The SMILES string of the molecule is CC1(C)C[C@](C=NC2CCCCC2)(CN2CCCC2)CCO1. The molecule has 0 N–H and O–H groups in total. The maximum absolute atomic E-state index is 6.00. The summed E-state index contributed by atoms with van der Waals surface area (Å²) in [5, 5.41) is 0. The van der Waals surface area contributed by atoms with E-state index in [2.05, 4.69) is 25.0 Å². The highest BCUT2D eigenvalue weighted by atomic mass is 16.5. The van der Waals surface area contributed by atoms with Crippen LogP contribution in [0.25, 0.3) is 0 Å². The Bertz CT molecular complexity index is 381. The zero-order chi connectivity index (χ0) is 15.5. The number of hydrogen-bond donors (Lipinski definition) is 0. The topological polar surface area (TPSA) is 24.8 Å². The first kappa shape index (κ1) is 16.4. The van der Waals surface area contributed by atoms with Gasteiger partial charge in [0.15, 0.2) is 0 Å². The lowest BCUT2D eigenvalue weighted by Crippen LogP contribution is -2.48. The standard InChI is InChI=1S/C19H34N2O/c1-18(2)14-19(10-13-22-18,16-21-11-6-7-12-21)15-20-17-8-4-3-5-9-17/h15,17H,3-14,16H2,1-2H3/t19-/m1/s1. The summed E-state index contributed by atoms with van der Waals surface area (Å²) in [7, 11) is 0. The minimum Gasteiger partial charge on any atom is -0.376 e. The van der Waals surface area contributed by atoms with Gasteiger partial charge in [0.25, 0.3) is 0 Å². The van der Waals surface area contributed by atoms with Crippen LogP contribution in [0, 0.1) is 5.41 Å². The third-order valence-electron chi connectivity index (χ3n) is 5.74. The molecule has 3 aliphatic rings. The Morgan fingerprint density at radius 1 is 1.09 bits per heavy atom. The number of aliphatic imine (C=N–C) groups is 1. The van der Waals surface area contributed by atoms with Crippen LogP contribution in [0.1, 0.15) is 71.6 Å². The smallest absolute Gasteiger partial charge is 0.0635 e. The van der Waals surface area contributed by atoms with Gasteiger partial charge < -0.3 is 9.64 Å². The van der Waals surface area contributed by atoms with Crippen LogP contribution in [0.2, 0.25) is 0 Å². The fourth-order valence-corrected chi connectivity index (χ4v) is 4.68. The van der Waals surface area contributed by atoms with Crippen molar-refractivity contribution in [3.05, 3.63) is 0 Å². The summed E-state index contributed by atoms with van der Waals surface area (Å²) in [5.41, 5.74) is 0.236. The Labute approximate surface area is 136 Å². The highest BCUT2D eigenvalue weighted by molar-refractivity contribution is 5.67. The normalized spacial score (nSPS) is 34.5. The van der Waals surface area contributed by atoms with Gasteiger partial charge in [0.05, 0.1) is 5.60 Å². The second-order valence-electron chi connectivity index (χ2n) is 8.45. The van der Waals surface area contributed by atoms with Gasteiger partial charge in [-0.1, -0.05) is 19.3 Å². The Morgan fingerprint density at radius 3 is 2.50 bits per heavy atom. The largest absolute Gasteiger partial charge is 0.376 e. The third-order valence-corrected chi connectivity index (χ3v) is 5.74. The first-order chi connectivity index (χ1) is 10.6. The molecular formula is C19H34N2O. The van der Waals surface area contributed by atoms with E-state index in [1.54, 1.807) is 0 Å². The lowest BCUT2D eigenvalue weighted by molar-refractivity contribution is -0.0898. The van der Waals surface area contributed by atoms with Crippen LogP contribution in [-0.2, 0) is 4.74 Å². The van der Waals surface area contributed by atoms with Crippen LogP contribution in [0.4, 0.5) is 0 Å². The van der Waals surface area contributed by atoms with Crippen LogP contribution in [-0.4, -0.2) is 49.0 Å². The molecule has 0 spiro atoms. The van der Waals surface area contributed by atoms with E-state index >= 15 is 0 Å². The number of rotatable bonds is 4. The number of likely N-dealkylation sites (tertiary alicyclic amines) is 1. The van der Waals surface area contributed by atoms with Crippen molar-refractivity contribution in [2.45, 2.75) is 83.3 Å². The summed E-state index contributed by atoms with van der Waals surface area (Å²) in [6, 6.07) is 0.593. The molecule has 2 saturated heterocycles. The maximum atomic E-state index is 6.00. The molecule has 1 aliphatic carbocycles. The first-order valence-corrected chi connectivity index (χ1v) is 9.48. The van der Waals surface area contributed by atoms with Gasteiger partial charge in [-0.2, -0.15) is 0 Å². The molecule has 1 saturated carbocycles. The molecule has 2 heterocycles. The van der Waals surface area contributed by atoms with Gasteiger partial charge in [-0.15, -0.1) is 0 Å². The molecule has 0 radical (unpaired) electrons. The van der Waals surface area contributed by atoms with Gasteiger partial charge in [0.2, 0.25) is 0 Å². The molecular weight excluding hydrogens is 272 g/mol. The van der Waals surface area contributed by atoms with E-state index in [-0.39, 0.29) is 11.0 Å². The quantitative estimate of drug-likeness (QED) is 0.732. The highest BCUT2D eigenvalue weighted by Crippen LogP contribution is 2.39. The lowest BCUT2D eigenvalue weighted by atomic mass is 9.74. The fourth-order valence-electron chi connectivity index (χ4n) is 4.68. The molecule has 0 amide bonds. The van der Waals surface area contributed by atoms with E-state index in [4.69, 9.17) is 9.73 Å². The van der Waals surface area contributed by atoms with Crippen LogP contribution in [0.15, 0.2) is 4.99 Å². The Kier molecular flexibility index (Phi) is 5.24.